The smallest absolute Gasteiger partial charge is 0.271 e. The first-order valence-corrected chi connectivity index (χ1v) is 14.9. The van der Waals surface area contributed by atoms with E-state index in [-0.39, 0.29) is 21.9 Å². The first-order chi connectivity index (χ1) is 19.8. The molecular weight excluding hydrogens is 604 g/mol. The standard InChI is InChI=1S/C31H27BrN4O4S/c1-5-35(6-2)29(38)23-16(3)33-31-36(26(23)24-19-10-8-7-9-17(19)11-14-22(24)40-4)30(39)27(41-31)25-20-15-18(32)12-13-21(20)34-28(25)37/h7-15,26H,5-6H2,1-4H3,(H,34,37)/b27-25+/t26-/m0/s1. The number of hydrogen-bond donors (Lipinski definition) is 1. The monoisotopic (exact) mass is 630 g/mol. The molecule has 208 valence electrons. The van der Waals surface area contributed by atoms with E-state index in [4.69, 9.17) is 9.73 Å². The Morgan fingerprint density at radius 3 is 2.61 bits per heavy atom. The Morgan fingerprint density at radius 2 is 1.88 bits per heavy atom. The van der Waals surface area contributed by atoms with Crippen LogP contribution in [0.25, 0.3) is 16.3 Å². The number of nitrogens with one attached hydrogen (secondary N) is 1. The molecule has 3 heterocycles. The van der Waals surface area contributed by atoms with E-state index < -0.39 is 6.04 Å². The molecule has 1 atom stereocenters. The average Bonchev–Trinajstić information content (AvgIpc) is 3.46. The van der Waals surface area contributed by atoms with Crippen molar-refractivity contribution in [3.8, 4) is 5.75 Å². The zero-order valence-electron chi connectivity index (χ0n) is 22.9. The van der Waals surface area contributed by atoms with Crippen LogP contribution in [-0.2, 0) is 9.59 Å². The highest BCUT2D eigenvalue weighted by Gasteiger charge is 2.38. The lowest BCUT2D eigenvalue weighted by atomic mass is 9.90. The molecule has 0 bridgehead atoms. The van der Waals surface area contributed by atoms with E-state index in [2.05, 4.69) is 21.2 Å². The lowest BCUT2D eigenvalue weighted by Crippen LogP contribution is -2.43. The summed E-state index contributed by atoms with van der Waals surface area (Å²) in [7, 11) is 1.58. The summed E-state index contributed by atoms with van der Waals surface area (Å²) >= 11 is 4.64. The maximum absolute atomic E-state index is 14.5. The van der Waals surface area contributed by atoms with E-state index >= 15 is 0 Å². The molecule has 41 heavy (non-hydrogen) atoms. The molecule has 10 heteroatoms. The van der Waals surface area contributed by atoms with Gasteiger partial charge in [0.25, 0.3) is 17.4 Å². The van der Waals surface area contributed by atoms with Crippen molar-refractivity contribution in [1.29, 1.82) is 0 Å². The highest BCUT2D eigenvalue weighted by Crippen LogP contribution is 2.41. The van der Waals surface area contributed by atoms with Crippen LogP contribution in [0.2, 0.25) is 0 Å². The SMILES string of the molecule is CCN(CC)C(=O)C1=C(C)N=c2s/c(=C3/C(=O)Nc4ccc(Br)cc43)c(=O)n2[C@@H]1c1c(OC)ccc2ccccc12. The number of amides is 2. The van der Waals surface area contributed by atoms with Crippen molar-refractivity contribution in [2.75, 3.05) is 25.5 Å². The Morgan fingerprint density at radius 1 is 1.12 bits per heavy atom. The number of aromatic nitrogens is 1. The number of methoxy groups -OCH3 is 1. The number of hydrogen-bond acceptors (Lipinski definition) is 6. The summed E-state index contributed by atoms with van der Waals surface area (Å²) in [5, 5.41) is 4.69. The Bertz CT molecular complexity index is 1990. The summed E-state index contributed by atoms with van der Waals surface area (Å²) in [4.78, 5) is 48.7. The van der Waals surface area contributed by atoms with Gasteiger partial charge in [0.2, 0.25) is 0 Å². The summed E-state index contributed by atoms with van der Waals surface area (Å²) in [5.41, 5.74) is 2.83. The summed E-state index contributed by atoms with van der Waals surface area (Å²) in [5.74, 6) is 0.0132. The van der Waals surface area contributed by atoms with E-state index in [1.165, 1.54) is 0 Å². The second-order valence-corrected chi connectivity index (χ2v) is 11.7. The molecule has 1 N–H and O–H groups in total. The third-order valence-corrected chi connectivity index (χ3v) is 9.20. The Labute approximate surface area is 248 Å². The molecule has 0 saturated heterocycles. The largest absolute Gasteiger partial charge is 0.496 e. The number of ether oxygens (including phenoxy) is 1. The number of benzene rings is 3. The van der Waals surface area contributed by atoms with E-state index in [0.717, 1.165) is 26.6 Å². The van der Waals surface area contributed by atoms with Gasteiger partial charge in [-0.3, -0.25) is 19.0 Å². The minimum absolute atomic E-state index is 0.193. The summed E-state index contributed by atoms with van der Waals surface area (Å²) in [6, 6.07) is 16.3. The van der Waals surface area contributed by atoms with E-state index in [1.807, 2.05) is 62.4 Å². The predicted molar refractivity (Wildman–Crippen MR) is 164 cm³/mol. The average molecular weight is 632 g/mol. The quantitative estimate of drug-likeness (QED) is 0.355. The van der Waals surface area contributed by atoms with Gasteiger partial charge in [-0.25, -0.2) is 4.99 Å². The minimum atomic E-state index is -0.818. The Balaban J connectivity index is 1.73. The van der Waals surface area contributed by atoms with Crippen molar-refractivity contribution in [2.24, 2.45) is 4.99 Å². The van der Waals surface area contributed by atoms with Gasteiger partial charge in [0.1, 0.15) is 16.3 Å². The fourth-order valence-corrected chi connectivity index (χ4v) is 7.20. The van der Waals surface area contributed by atoms with Crippen molar-refractivity contribution in [2.45, 2.75) is 26.8 Å². The van der Waals surface area contributed by atoms with Gasteiger partial charge in [0.15, 0.2) is 4.80 Å². The number of allylic oxidation sites excluding steroid dienone is 1. The zero-order valence-corrected chi connectivity index (χ0v) is 25.4. The van der Waals surface area contributed by atoms with Crippen LogP contribution in [0.3, 0.4) is 0 Å². The number of carbonyl (C=O) groups is 2. The number of thiazole rings is 1. The molecule has 6 rings (SSSR count). The Hall–Kier alpha value is -4.02. The molecule has 3 aromatic carbocycles. The molecule has 4 aromatic rings. The maximum atomic E-state index is 14.5. The van der Waals surface area contributed by atoms with Crippen LogP contribution in [0.15, 0.2) is 80.1 Å². The highest BCUT2D eigenvalue weighted by molar-refractivity contribution is 9.10. The molecule has 2 amide bonds. The van der Waals surface area contributed by atoms with Gasteiger partial charge in [0.05, 0.1) is 24.0 Å². The molecular formula is C31H27BrN4O4S. The molecule has 0 radical (unpaired) electrons. The van der Waals surface area contributed by atoms with Crippen molar-refractivity contribution < 1.29 is 14.3 Å². The second kappa shape index (κ2) is 10.4. The molecule has 0 fully saturated rings. The van der Waals surface area contributed by atoms with Crippen LogP contribution in [-0.4, -0.2) is 41.5 Å². The van der Waals surface area contributed by atoms with Gasteiger partial charge in [-0.1, -0.05) is 57.6 Å². The van der Waals surface area contributed by atoms with Gasteiger partial charge in [-0.15, -0.1) is 0 Å². The number of fused-ring (bicyclic) bond motifs is 3. The van der Waals surface area contributed by atoms with Crippen LogP contribution in [0.4, 0.5) is 5.69 Å². The van der Waals surface area contributed by atoms with Crippen molar-refractivity contribution in [1.82, 2.24) is 9.47 Å². The first kappa shape index (κ1) is 27.2. The molecule has 0 saturated carbocycles. The number of anilines is 1. The molecule has 8 nitrogen and oxygen atoms in total. The second-order valence-electron chi connectivity index (χ2n) is 9.80. The predicted octanol–water partition coefficient (Wildman–Crippen LogP) is 4.35. The minimum Gasteiger partial charge on any atom is -0.496 e. The molecule has 2 aliphatic heterocycles. The number of rotatable bonds is 5. The summed E-state index contributed by atoms with van der Waals surface area (Å²) in [6.45, 7) is 6.67. The number of halogens is 1. The van der Waals surface area contributed by atoms with Crippen molar-refractivity contribution >= 4 is 61.1 Å². The maximum Gasteiger partial charge on any atom is 0.271 e. The molecule has 1 aromatic heterocycles. The fourth-order valence-electron chi connectivity index (χ4n) is 5.70. The van der Waals surface area contributed by atoms with Crippen LogP contribution in [0.5, 0.6) is 5.75 Å². The van der Waals surface area contributed by atoms with Gasteiger partial charge in [-0.05, 0) is 55.8 Å². The normalized spacial score (nSPS) is 17.2. The lowest BCUT2D eigenvalue weighted by Gasteiger charge is -2.30. The number of carbonyl (C=O) groups excluding carboxylic acids is 2. The van der Waals surface area contributed by atoms with Gasteiger partial charge in [0, 0.05) is 34.4 Å². The van der Waals surface area contributed by atoms with E-state index in [0.29, 0.717) is 57.3 Å². The Kier molecular flexibility index (Phi) is 6.91. The summed E-state index contributed by atoms with van der Waals surface area (Å²) < 4.78 is 8.48. The van der Waals surface area contributed by atoms with Crippen molar-refractivity contribution in [3.05, 3.63) is 101 Å². The van der Waals surface area contributed by atoms with Gasteiger partial charge >= 0.3 is 0 Å². The highest BCUT2D eigenvalue weighted by atomic mass is 79.9. The number of likely N-dealkylation sites (N-methyl/N-ethyl adjacent to an activating group) is 1. The molecule has 0 spiro atoms. The third-order valence-electron chi connectivity index (χ3n) is 7.66. The fraction of sp³-hybridized carbons (Fsp3) is 0.226. The van der Waals surface area contributed by atoms with Crippen LogP contribution in [0.1, 0.15) is 37.9 Å². The molecule has 0 unspecified atom stereocenters. The number of nitrogens with zero attached hydrogens (tertiary/aromatic N) is 3. The first-order valence-electron chi connectivity index (χ1n) is 13.3. The van der Waals surface area contributed by atoms with Gasteiger partial charge in [-0.2, -0.15) is 0 Å². The summed E-state index contributed by atoms with van der Waals surface area (Å²) in [6.07, 6.45) is 0. The topological polar surface area (TPSA) is 93.0 Å². The molecule has 0 aliphatic carbocycles. The van der Waals surface area contributed by atoms with E-state index in [9.17, 15) is 14.4 Å². The van der Waals surface area contributed by atoms with Gasteiger partial charge < -0.3 is 15.0 Å². The zero-order chi connectivity index (χ0) is 29.0. The third kappa shape index (κ3) is 4.24. The van der Waals surface area contributed by atoms with E-state index in [1.54, 1.807) is 29.6 Å². The lowest BCUT2D eigenvalue weighted by molar-refractivity contribution is -0.127. The van der Waals surface area contributed by atoms with Crippen LogP contribution in [0, 0.1) is 0 Å². The van der Waals surface area contributed by atoms with Crippen LogP contribution < -0.4 is 24.9 Å². The van der Waals surface area contributed by atoms with Crippen LogP contribution >= 0.6 is 27.3 Å². The van der Waals surface area contributed by atoms with Crippen molar-refractivity contribution in [3.63, 3.8) is 0 Å². The molecule has 2 aliphatic rings.